The average molecular weight is 903 g/mol. The maximum absolute atomic E-state index is 11.5. The van der Waals surface area contributed by atoms with Crippen molar-refractivity contribution < 1.29 is 89.0 Å². The number of hydrogen-bond donors (Lipinski definition) is 10. The molecule has 0 bridgehead atoms. The Morgan fingerprint density at radius 2 is 1.16 bits per heavy atom. The summed E-state index contributed by atoms with van der Waals surface area (Å²) < 4.78 is 49.0. The minimum atomic E-state index is -1.89. The maximum Gasteiger partial charge on any atom is 0.187 e. The van der Waals surface area contributed by atoms with Crippen LogP contribution in [0.15, 0.2) is 0 Å². The standard InChI is InChI=1S/C45H74O18/c1-19-7-12-45(56-18-19)20(2)30-26(63-45)14-25-23-6-5-21-13-22(8-10-43(21,3)24(23)9-11-44(25,30)4)57-40-37(55)35(53)38(29(17-48)60-40)61-42-39(34(52)32(50)28(16-47)59-42)62-41-36(54)33(51)31(49)27(15-46)58-41/h19-42,46-55H,5-18H2,1-4H3. The largest absolute Gasteiger partial charge is 0.394 e. The lowest BCUT2D eigenvalue weighted by molar-refractivity contribution is -0.390. The van der Waals surface area contributed by atoms with Gasteiger partial charge < -0.3 is 89.0 Å². The number of aliphatic hydroxyl groups is 10. The topological polar surface area (TPSA) is 276 Å². The zero-order valence-electron chi connectivity index (χ0n) is 37.0. The van der Waals surface area contributed by atoms with Crippen molar-refractivity contribution in [3.8, 4) is 0 Å². The van der Waals surface area contributed by atoms with E-state index >= 15 is 0 Å². The predicted octanol–water partition coefficient (Wildman–Crippen LogP) is -0.734. The summed E-state index contributed by atoms with van der Waals surface area (Å²) >= 11 is 0. The molecule has 9 fully saturated rings. The van der Waals surface area contributed by atoms with E-state index in [1.165, 1.54) is 12.8 Å². The third kappa shape index (κ3) is 7.88. The normalized spacial score (nSPS) is 58.2. The van der Waals surface area contributed by atoms with Crippen molar-refractivity contribution in [2.75, 3.05) is 26.4 Å². The van der Waals surface area contributed by atoms with Gasteiger partial charge in [0.05, 0.1) is 38.6 Å². The second-order valence-electron chi connectivity index (χ2n) is 21.5. The van der Waals surface area contributed by atoms with Gasteiger partial charge in [-0.15, -0.1) is 0 Å². The quantitative estimate of drug-likeness (QED) is 0.128. The molecule has 10 N–H and O–H groups in total. The molecule has 5 saturated heterocycles. The van der Waals surface area contributed by atoms with E-state index in [1.54, 1.807) is 0 Å². The van der Waals surface area contributed by atoms with Crippen molar-refractivity contribution in [2.24, 2.45) is 52.3 Å². The molecule has 4 aliphatic carbocycles. The molecular formula is C45H74O18. The number of fused-ring (bicyclic) bond motifs is 7. The minimum absolute atomic E-state index is 0.134. The Kier molecular flexibility index (Phi) is 13.5. The van der Waals surface area contributed by atoms with Crippen molar-refractivity contribution in [3.63, 3.8) is 0 Å². The average Bonchev–Trinajstić information content (AvgIpc) is 3.72. The summed E-state index contributed by atoms with van der Waals surface area (Å²) in [5.74, 6) is 3.29. The fourth-order valence-corrected chi connectivity index (χ4v) is 14.7. The van der Waals surface area contributed by atoms with E-state index < -0.39 is 118 Å². The highest BCUT2D eigenvalue weighted by Crippen LogP contribution is 2.71. The van der Waals surface area contributed by atoms with Crippen LogP contribution >= 0.6 is 0 Å². The summed E-state index contributed by atoms with van der Waals surface area (Å²) in [4.78, 5) is 0. The van der Waals surface area contributed by atoms with E-state index in [1.807, 2.05) is 0 Å². The highest BCUT2D eigenvalue weighted by Gasteiger charge is 2.69. The van der Waals surface area contributed by atoms with Gasteiger partial charge in [-0.1, -0.05) is 27.7 Å². The van der Waals surface area contributed by atoms with Crippen molar-refractivity contribution in [1.82, 2.24) is 0 Å². The van der Waals surface area contributed by atoms with Gasteiger partial charge in [0.15, 0.2) is 24.7 Å². The van der Waals surface area contributed by atoms with Crippen LogP contribution in [0.1, 0.15) is 91.9 Å². The third-order valence-corrected chi connectivity index (χ3v) is 18.3. The van der Waals surface area contributed by atoms with E-state index in [0.29, 0.717) is 41.4 Å². The number of hydrogen-bond acceptors (Lipinski definition) is 18. The summed E-state index contributed by atoms with van der Waals surface area (Å²) in [6, 6.07) is 0. The molecule has 362 valence electrons. The zero-order valence-corrected chi connectivity index (χ0v) is 37.0. The van der Waals surface area contributed by atoms with Crippen LogP contribution in [0.2, 0.25) is 0 Å². The van der Waals surface area contributed by atoms with E-state index in [2.05, 4.69) is 27.7 Å². The Morgan fingerprint density at radius 3 is 1.84 bits per heavy atom. The van der Waals surface area contributed by atoms with E-state index in [0.717, 1.165) is 58.0 Å². The lowest BCUT2D eigenvalue weighted by atomic mass is 9.44. The SMILES string of the molecule is CC1CCC2(OC1)OC1CC3C4CCC5CC(OC6OC(CO)C(OC7OC(CO)C(O)C(O)C7OC7OC(CO)C(O)C(O)C7O)C(O)C6O)CCC5(C)C4CCC3(C)C1C2C. The molecular weight excluding hydrogens is 828 g/mol. The van der Waals surface area contributed by atoms with Crippen molar-refractivity contribution in [1.29, 1.82) is 0 Å². The molecule has 0 aromatic rings. The molecule has 27 unspecified atom stereocenters. The molecule has 5 aliphatic heterocycles. The van der Waals surface area contributed by atoms with Crippen molar-refractivity contribution in [2.45, 2.75) is 202 Å². The first-order chi connectivity index (χ1) is 30.0. The summed E-state index contributed by atoms with van der Waals surface area (Å²) in [7, 11) is 0. The van der Waals surface area contributed by atoms with Gasteiger partial charge in [0.2, 0.25) is 0 Å². The molecule has 9 rings (SSSR count). The molecule has 0 radical (unpaired) electrons. The van der Waals surface area contributed by atoms with Crippen LogP contribution in [0.3, 0.4) is 0 Å². The first-order valence-electron chi connectivity index (χ1n) is 23.8. The Morgan fingerprint density at radius 1 is 0.556 bits per heavy atom. The molecule has 9 aliphatic rings. The van der Waals surface area contributed by atoms with E-state index in [-0.39, 0.29) is 23.0 Å². The summed E-state index contributed by atoms with van der Waals surface area (Å²) in [6.45, 7) is 8.23. The van der Waals surface area contributed by atoms with Gasteiger partial charge >= 0.3 is 0 Å². The molecule has 0 aromatic carbocycles. The first kappa shape index (κ1) is 47.4. The van der Waals surface area contributed by atoms with Gasteiger partial charge in [-0.2, -0.15) is 0 Å². The van der Waals surface area contributed by atoms with Crippen LogP contribution in [-0.4, -0.2) is 188 Å². The van der Waals surface area contributed by atoms with E-state index in [9.17, 15) is 51.1 Å². The Hall–Kier alpha value is -0.720. The van der Waals surface area contributed by atoms with Crippen LogP contribution in [0.25, 0.3) is 0 Å². The molecule has 0 aromatic heterocycles. The summed E-state index contributed by atoms with van der Waals surface area (Å²) in [6.07, 6.45) is -14.2. The number of rotatable bonds is 9. The van der Waals surface area contributed by atoms with Gasteiger partial charge in [-0.05, 0) is 104 Å². The fraction of sp³-hybridized carbons (Fsp3) is 1.00. The van der Waals surface area contributed by atoms with Gasteiger partial charge in [-0.3, -0.25) is 0 Å². The lowest BCUT2D eigenvalue weighted by Gasteiger charge is -2.61. The van der Waals surface area contributed by atoms with Crippen molar-refractivity contribution >= 4 is 0 Å². The van der Waals surface area contributed by atoms with E-state index in [4.69, 9.17) is 37.9 Å². The molecule has 18 heteroatoms. The molecule has 4 saturated carbocycles. The van der Waals surface area contributed by atoms with Crippen LogP contribution < -0.4 is 0 Å². The number of aliphatic hydroxyl groups excluding tert-OH is 10. The van der Waals surface area contributed by atoms with Gasteiger partial charge in [0.1, 0.15) is 73.2 Å². The minimum Gasteiger partial charge on any atom is -0.394 e. The molecule has 1 spiro atoms. The van der Waals surface area contributed by atoms with Crippen LogP contribution in [0.5, 0.6) is 0 Å². The Balaban J connectivity index is 0.833. The highest BCUT2D eigenvalue weighted by atomic mass is 16.8. The third-order valence-electron chi connectivity index (χ3n) is 18.3. The maximum atomic E-state index is 11.5. The monoisotopic (exact) mass is 902 g/mol. The lowest BCUT2D eigenvalue weighted by Crippen LogP contribution is -2.67. The second kappa shape index (κ2) is 18.0. The van der Waals surface area contributed by atoms with Crippen LogP contribution in [-0.2, 0) is 37.9 Å². The predicted molar refractivity (Wildman–Crippen MR) is 216 cm³/mol. The van der Waals surface area contributed by atoms with Gasteiger partial charge in [-0.25, -0.2) is 0 Å². The highest BCUT2D eigenvalue weighted by molar-refractivity contribution is 5.15. The number of ether oxygens (including phenoxy) is 8. The molecule has 5 heterocycles. The van der Waals surface area contributed by atoms with Gasteiger partial charge in [0, 0.05) is 12.3 Å². The van der Waals surface area contributed by atoms with Gasteiger partial charge in [0.25, 0.3) is 0 Å². The smallest absolute Gasteiger partial charge is 0.187 e. The van der Waals surface area contributed by atoms with Crippen LogP contribution in [0.4, 0.5) is 0 Å². The zero-order chi connectivity index (χ0) is 44.9. The summed E-state index contributed by atoms with van der Waals surface area (Å²) in [5.41, 5.74) is 0.364. The first-order valence-corrected chi connectivity index (χ1v) is 23.8. The fourth-order valence-electron chi connectivity index (χ4n) is 14.7. The van der Waals surface area contributed by atoms with Crippen LogP contribution in [0, 0.1) is 52.3 Å². The Bertz CT molecular complexity index is 1570. The van der Waals surface area contributed by atoms with Crippen molar-refractivity contribution in [3.05, 3.63) is 0 Å². The molecule has 0 amide bonds. The molecule has 27 atom stereocenters. The molecule has 18 nitrogen and oxygen atoms in total. The second-order valence-corrected chi connectivity index (χ2v) is 21.5. The summed E-state index contributed by atoms with van der Waals surface area (Å²) in [5, 5.41) is 106. The molecule has 63 heavy (non-hydrogen) atoms. The Labute approximate surface area is 369 Å².